The average molecular weight is 484 g/mol. The first kappa shape index (κ1) is 26.8. The topological polar surface area (TPSA) is 87.1 Å². The molecule has 6 nitrogen and oxygen atoms in total. The van der Waals surface area contributed by atoms with Crippen molar-refractivity contribution in [3.05, 3.63) is 15.8 Å². The van der Waals surface area contributed by atoms with Gasteiger partial charge < -0.3 is 0 Å². The number of amides is 1. The fraction of sp³-hybridized carbons (Fsp3) is 0.667. The molecule has 0 bridgehead atoms. The summed E-state index contributed by atoms with van der Waals surface area (Å²) in [5.41, 5.74) is 0.162. The molecule has 0 radical (unpaired) electrons. The van der Waals surface area contributed by atoms with Crippen LogP contribution in [-0.2, 0) is 9.32 Å². The van der Waals surface area contributed by atoms with E-state index >= 15 is 0 Å². The van der Waals surface area contributed by atoms with E-state index in [-0.39, 0.29) is 28.7 Å². The van der Waals surface area contributed by atoms with Crippen molar-refractivity contribution >= 4 is 36.6 Å². The van der Waals surface area contributed by atoms with Crippen molar-refractivity contribution in [1.82, 2.24) is 0 Å². The Morgan fingerprint density at radius 2 is 1.91 bits per heavy atom. The molecule has 1 heterocycles. The molecule has 1 aromatic rings. The van der Waals surface area contributed by atoms with Gasteiger partial charge in [0.15, 0.2) is 0 Å². The number of rotatable bonds is 8. The molecule has 180 valence electrons. The summed E-state index contributed by atoms with van der Waals surface area (Å²) in [7, 11) is -2.95. The van der Waals surface area contributed by atoms with Crippen molar-refractivity contribution in [2.75, 3.05) is 30.9 Å². The zero-order valence-electron chi connectivity index (χ0n) is 20.2. The molecule has 2 rings (SSSR count). The van der Waals surface area contributed by atoms with E-state index in [0.717, 1.165) is 37.0 Å². The minimum atomic E-state index is -2.95. The van der Waals surface area contributed by atoms with Gasteiger partial charge in [0.2, 0.25) is 0 Å². The van der Waals surface area contributed by atoms with Crippen LogP contribution in [0.25, 0.3) is 0 Å². The van der Waals surface area contributed by atoms with Crippen LogP contribution in [0, 0.1) is 29.1 Å². The molecule has 0 spiro atoms. The Morgan fingerprint density at radius 3 is 2.44 bits per heavy atom. The summed E-state index contributed by atoms with van der Waals surface area (Å²) in [5, 5.41) is 9.85. The molecule has 1 aromatic heterocycles. The summed E-state index contributed by atoms with van der Waals surface area (Å²) in [5.74, 6) is 5.56. The fourth-order valence-electron chi connectivity index (χ4n) is 3.82. The molecule has 1 aliphatic rings. The van der Waals surface area contributed by atoms with Gasteiger partial charge in [-0.3, -0.25) is 0 Å². The number of hydrogen-bond acceptors (Lipinski definition) is 5. The molecule has 2 N–H and O–H groups in total. The molecular weight excluding hydrogens is 445 g/mol. The number of carboxylic acid groups (broad SMARTS) is 1. The van der Waals surface area contributed by atoms with E-state index in [1.165, 1.54) is 0 Å². The predicted octanol–water partition coefficient (Wildman–Crippen LogP) is 5.24. The fourth-order valence-corrected chi connectivity index (χ4v) is 6.08. The number of carbonyl (C=O) groups excluding carboxylic acids is 1. The number of aromatic carboxylic acids is 1. The van der Waals surface area contributed by atoms with Gasteiger partial charge in [0.1, 0.15) is 0 Å². The van der Waals surface area contributed by atoms with E-state index in [4.69, 9.17) is 4.52 Å². The Labute approximate surface area is 196 Å². The van der Waals surface area contributed by atoms with Crippen LogP contribution in [0.5, 0.6) is 0 Å². The third-order valence-electron chi connectivity index (χ3n) is 5.64. The third-order valence-corrected chi connectivity index (χ3v) is 8.73. The van der Waals surface area contributed by atoms with Gasteiger partial charge in [-0.05, 0) is 0 Å². The number of thiophene rings is 1. The number of nitrogens with zero attached hydrogens (tertiary/aromatic N) is 1. The Balaban J connectivity index is 2.42. The first-order chi connectivity index (χ1) is 14.8. The van der Waals surface area contributed by atoms with Crippen molar-refractivity contribution in [3.63, 3.8) is 0 Å². The standard InChI is InChI=1S/C24H38NO5PS/c1-7-30-31(6,29)15-14-25(22(26)18-10-8-17(2)9-11-18)20-16-19(12-13-24(3,4)5)32-21(20)23(27)28/h16-18,29,31H,7-11,14-15H2,1-6H3,(H,27,28)/t17-,18-. The minimum absolute atomic E-state index is 0.0613. The van der Waals surface area contributed by atoms with E-state index in [0.29, 0.717) is 29.3 Å². The van der Waals surface area contributed by atoms with Crippen LogP contribution in [0.4, 0.5) is 5.69 Å². The van der Waals surface area contributed by atoms with Gasteiger partial charge in [-0.1, -0.05) is 0 Å². The summed E-state index contributed by atoms with van der Waals surface area (Å²) in [6.45, 7) is 12.3. The zero-order valence-corrected chi connectivity index (χ0v) is 22.0. The second-order valence-corrected chi connectivity index (χ2v) is 14.1. The molecule has 1 amide bonds. The van der Waals surface area contributed by atoms with Gasteiger partial charge in [-0.25, -0.2) is 0 Å². The predicted molar refractivity (Wildman–Crippen MR) is 134 cm³/mol. The Morgan fingerprint density at radius 1 is 1.28 bits per heavy atom. The van der Waals surface area contributed by atoms with E-state index in [2.05, 4.69) is 18.8 Å². The van der Waals surface area contributed by atoms with Crippen LogP contribution in [0.3, 0.4) is 0 Å². The molecule has 8 heteroatoms. The molecule has 1 saturated carbocycles. The van der Waals surface area contributed by atoms with Gasteiger partial charge in [-0.2, -0.15) is 0 Å². The average Bonchev–Trinajstić information content (AvgIpc) is 3.11. The van der Waals surface area contributed by atoms with E-state index in [1.807, 2.05) is 27.7 Å². The van der Waals surface area contributed by atoms with Gasteiger partial charge in [0.05, 0.1) is 0 Å². The molecule has 1 fully saturated rings. The normalized spacial score (nSPS) is 19.7. The van der Waals surface area contributed by atoms with Crippen molar-refractivity contribution < 1.29 is 24.1 Å². The number of hydrogen-bond donors (Lipinski definition) is 2. The maximum atomic E-state index is 13.6. The Kier molecular flexibility index (Phi) is 9.31. The van der Waals surface area contributed by atoms with E-state index < -0.39 is 13.7 Å². The molecule has 0 atom stereocenters. The third kappa shape index (κ3) is 7.85. The van der Waals surface area contributed by atoms with Crippen LogP contribution < -0.4 is 4.90 Å². The molecule has 0 aliphatic heterocycles. The first-order valence-electron chi connectivity index (χ1n) is 11.4. The summed E-state index contributed by atoms with van der Waals surface area (Å²) >= 11 is 1.10. The quantitative estimate of drug-likeness (QED) is 0.390. The first-order valence-corrected chi connectivity index (χ1v) is 14.8. The summed E-state index contributed by atoms with van der Waals surface area (Å²) < 4.78 is 5.53. The summed E-state index contributed by atoms with van der Waals surface area (Å²) in [4.78, 5) is 38.6. The van der Waals surface area contributed by atoms with Crippen LogP contribution in [0.1, 0.15) is 74.9 Å². The summed E-state index contributed by atoms with van der Waals surface area (Å²) in [6.07, 6.45) is 3.91. The maximum absolute atomic E-state index is 13.6. The molecule has 1 aliphatic carbocycles. The van der Waals surface area contributed by atoms with Crippen molar-refractivity contribution in [1.29, 1.82) is 0 Å². The SMILES string of the molecule is CCO[PH](C)(O)CCN(c1cc(C#CC(C)(C)C)sc1C(=O)O)C(=O)[C@H]1CC[C@H](C)CC1. The second-order valence-electron chi connectivity index (χ2n) is 9.93. The molecule has 0 aromatic carbocycles. The molecule has 0 unspecified atom stereocenters. The van der Waals surface area contributed by atoms with Crippen molar-refractivity contribution in [2.45, 2.75) is 60.3 Å². The van der Waals surface area contributed by atoms with Crippen LogP contribution in [-0.4, -0.2) is 47.9 Å². The zero-order chi connectivity index (χ0) is 24.1. The van der Waals surface area contributed by atoms with Gasteiger partial charge in [-0.15, -0.1) is 0 Å². The molecular formula is C24H38NO5PS. The Bertz CT molecular complexity index is 869. The van der Waals surface area contributed by atoms with E-state index in [9.17, 15) is 19.6 Å². The van der Waals surface area contributed by atoms with Crippen LogP contribution in [0.15, 0.2) is 6.07 Å². The van der Waals surface area contributed by atoms with Crippen LogP contribution >= 0.6 is 19.1 Å². The van der Waals surface area contributed by atoms with E-state index in [1.54, 1.807) is 17.6 Å². The van der Waals surface area contributed by atoms with Gasteiger partial charge >= 0.3 is 197 Å². The number of carboxylic acids is 1. The van der Waals surface area contributed by atoms with Crippen molar-refractivity contribution in [2.24, 2.45) is 17.3 Å². The van der Waals surface area contributed by atoms with Gasteiger partial charge in [0.25, 0.3) is 0 Å². The summed E-state index contributed by atoms with van der Waals surface area (Å²) in [6, 6.07) is 1.72. The monoisotopic (exact) mass is 483 g/mol. The van der Waals surface area contributed by atoms with Crippen molar-refractivity contribution in [3.8, 4) is 11.8 Å². The molecule has 0 saturated heterocycles. The van der Waals surface area contributed by atoms with Gasteiger partial charge in [0, 0.05) is 0 Å². The molecule has 32 heavy (non-hydrogen) atoms. The Hall–Kier alpha value is -1.45. The van der Waals surface area contributed by atoms with Crippen LogP contribution in [0.2, 0.25) is 0 Å². The number of anilines is 1. The number of carbonyl (C=O) groups is 2. The second kappa shape index (κ2) is 11.1.